The van der Waals surface area contributed by atoms with Crippen molar-refractivity contribution in [2.75, 3.05) is 18.4 Å². The molecule has 0 aliphatic carbocycles. The van der Waals surface area contributed by atoms with Crippen LogP contribution in [-0.2, 0) is 17.8 Å². The Morgan fingerprint density at radius 3 is 2.72 bits per heavy atom. The van der Waals surface area contributed by atoms with Crippen LogP contribution in [0.4, 0.5) is 10.1 Å². The molecular weight excluding hydrogens is 393 g/mol. The van der Waals surface area contributed by atoms with Gasteiger partial charge in [-0.15, -0.1) is 0 Å². The second-order valence-corrected chi connectivity index (χ2v) is 8.16. The highest BCUT2D eigenvalue weighted by Gasteiger charge is 2.22. The summed E-state index contributed by atoms with van der Waals surface area (Å²) in [6.45, 7) is 2.53. The highest BCUT2D eigenvalue weighted by atomic mass is 35.5. The molecular formula is C22H23ClFN3O2. The van der Waals surface area contributed by atoms with E-state index in [1.165, 1.54) is 29.3 Å². The molecule has 1 saturated heterocycles. The Kier molecular flexibility index (Phi) is 5.83. The Morgan fingerprint density at radius 1 is 1.17 bits per heavy atom. The van der Waals surface area contributed by atoms with Gasteiger partial charge in [-0.1, -0.05) is 23.7 Å². The molecule has 0 aromatic heterocycles. The summed E-state index contributed by atoms with van der Waals surface area (Å²) in [5.74, 6) is -0.736. The number of likely N-dealkylation sites (tertiary alicyclic amines) is 1. The number of benzene rings is 2. The normalized spacial score (nSPS) is 17.5. The van der Waals surface area contributed by atoms with Crippen molar-refractivity contribution in [3.63, 3.8) is 0 Å². The summed E-state index contributed by atoms with van der Waals surface area (Å²) in [6.07, 6.45) is 3.00. The number of anilines is 1. The fourth-order valence-electron chi connectivity index (χ4n) is 3.96. The minimum absolute atomic E-state index is 0.0589. The first-order valence-corrected chi connectivity index (χ1v) is 10.2. The van der Waals surface area contributed by atoms with Gasteiger partial charge in [0.2, 0.25) is 5.91 Å². The molecule has 1 fully saturated rings. The third-order valence-electron chi connectivity index (χ3n) is 5.52. The summed E-state index contributed by atoms with van der Waals surface area (Å²) in [6, 6.07) is 10.2. The molecule has 29 heavy (non-hydrogen) atoms. The topological polar surface area (TPSA) is 61.4 Å². The number of nitrogens with zero attached hydrogens (tertiary/aromatic N) is 1. The number of hydrogen-bond donors (Lipinski definition) is 2. The Labute approximate surface area is 174 Å². The zero-order chi connectivity index (χ0) is 20.4. The Morgan fingerprint density at radius 2 is 1.97 bits per heavy atom. The predicted octanol–water partition coefficient (Wildman–Crippen LogP) is 3.76. The molecule has 2 aromatic carbocycles. The lowest BCUT2D eigenvalue weighted by atomic mass is 9.99. The molecule has 2 aliphatic heterocycles. The van der Waals surface area contributed by atoms with Crippen molar-refractivity contribution in [2.24, 2.45) is 0 Å². The lowest BCUT2D eigenvalue weighted by Crippen LogP contribution is -2.44. The average Bonchev–Trinajstić information content (AvgIpc) is 2.68. The van der Waals surface area contributed by atoms with Crippen LogP contribution in [0.3, 0.4) is 0 Å². The quantitative estimate of drug-likeness (QED) is 0.799. The third kappa shape index (κ3) is 4.95. The monoisotopic (exact) mass is 415 g/mol. The van der Waals surface area contributed by atoms with Crippen molar-refractivity contribution >= 4 is 29.1 Å². The zero-order valence-corrected chi connectivity index (χ0v) is 16.8. The van der Waals surface area contributed by atoms with Crippen molar-refractivity contribution in [1.29, 1.82) is 0 Å². The van der Waals surface area contributed by atoms with Crippen LogP contribution in [0.2, 0.25) is 5.02 Å². The van der Waals surface area contributed by atoms with Crippen LogP contribution < -0.4 is 10.6 Å². The van der Waals surface area contributed by atoms with E-state index in [-0.39, 0.29) is 28.4 Å². The molecule has 2 N–H and O–H groups in total. The van der Waals surface area contributed by atoms with E-state index in [4.69, 9.17) is 11.6 Å². The molecule has 0 radical (unpaired) electrons. The summed E-state index contributed by atoms with van der Waals surface area (Å²) in [5.41, 5.74) is 3.53. The number of piperidine rings is 1. The fourth-order valence-corrected chi connectivity index (χ4v) is 4.19. The van der Waals surface area contributed by atoms with Gasteiger partial charge in [0.15, 0.2) is 0 Å². The average molecular weight is 416 g/mol. The molecule has 2 amide bonds. The minimum atomic E-state index is -0.515. The summed E-state index contributed by atoms with van der Waals surface area (Å²) in [7, 11) is 0. The van der Waals surface area contributed by atoms with Crippen LogP contribution in [0.25, 0.3) is 0 Å². The van der Waals surface area contributed by atoms with Gasteiger partial charge in [0, 0.05) is 48.4 Å². The standard InChI is InChI=1S/C22H23ClFN3O2/c23-17-10-16(11-18(24)12-17)22(29)25-19-5-7-27(8-6-19)13-14-1-2-15-3-4-21(28)26-20(15)9-14/h1-2,9-12,19H,3-8,13H2,(H,25,29)(H,26,28). The number of amides is 2. The fraction of sp³-hybridized carbons (Fsp3) is 0.364. The lowest BCUT2D eigenvalue weighted by molar-refractivity contribution is -0.116. The molecule has 0 saturated carbocycles. The summed E-state index contributed by atoms with van der Waals surface area (Å²) >= 11 is 5.84. The molecule has 2 heterocycles. The second kappa shape index (κ2) is 8.51. The van der Waals surface area contributed by atoms with E-state index in [0.29, 0.717) is 6.42 Å². The maximum absolute atomic E-state index is 13.5. The summed E-state index contributed by atoms with van der Waals surface area (Å²) in [4.78, 5) is 26.3. The Balaban J connectivity index is 1.30. The summed E-state index contributed by atoms with van der Waals surface area (Å²) in [5, 5.41) is 6.14. The number of hydrogen-bond acceptors (Lipinski definition) is 3. The largest absolute Gasteiger partial charge is 0.349 e. The van der Waals surface area contributed by atoms with Crippen molar-refractivity contribution in [3.05, 3.63) is 63.9 Å². The van der Waals surface area contributed by atoms with Gasteiger partial charge < -0.3 is 10.6 Å². The van der Waals surface area contributed by atoms with Gasteiger partial charge in [-0.2, -0.15) is 0 Å². The molecule has 7 heteroatoms. The number of carbonyl (C=O) groups excluding carboxylic acids is 2. The van der Waals surface area contributed by atoms with E-state index >= 15 is 0 Å². The number of nitrogens with one attached hydrogen (secondary N) is 2. The molecule has 152 valence electrons. The highest BCUT2D eigenvalue weighted by Crippen LogP contribution is 2.25. The van der Waals surface area contributed by atoms with Crippen molar-refractivity contribution < 1.29 is 14.0 Å². The van der Waals surface area contributed by atoms with E-state index in [2.05, 4.69) is 33.7 Å². The van der Waals surface area contributed by atoms with E-state index in [1.54, 1.807) is 0 Å². The maximum Gasteiger partial charge on any atom is 0.251 e. The molecule has 2 aliphatic rings. The molecule has 5 nitrogen and oxygen atoms in total. The van der Waals surface area contributed by atoms with Gasteiger partial charge in [0.1, 0.15) is 5.82 Å². The second-order valence-electron chi connectivity index (χ2n) is 7.72. The van der Waals surface area contributed by atoms with Crippen LogP contribution in [-0.4, -0.2) is 35.8 Å². The van der Waals surface area contributed by atoms with Crippen LogP contribution >= 0.6 is 11.6 Å². The number of fused-ring (bicyclic) bond motifs is 1. The van der Waals surface area contributed by atoms with E-state index < -0.39 is 5.82 Å². The molecule has 2 aromatic rings. The summed E-state index contributed by atoms with van der Waals surface area (Å²) < 4.78 is 13.5. The van der Waals surface area contributed by atoms with Crippen LogP contribution in [0, 0.1) is 5.82 Å². The van der Waals surface area contributed by atoms with E-state index in [9.17, 15) is 14.0 Å². The van der Waals surface area contributed by atoms with Crippen molar-refractivity contribution in [3.8, 4) is 0 Å². The lowest BCUT2D eigenvalue weighted by Gasteiger charge is -2.32. The predicted molar refractivity (Wildman–Crippen MR) is 111 cm³/mol. The van der Waals surface area contributed by atoms with Gasteiger partial charge in [0.25, 0.3) is 5.91 Å². The Hall–Kier alpha value is -2.44. The van der Waals surface area contributed by atoms with E-state index in [1.807, 2.05) is 0 Å². The highest BCUT2D eigenvalue weighted by molar-refractivity contribution is 6.31. The smallest absolute Gasteiger partial charge is 0.251 e. The van der Waals surface area contributed by atoms with Gasteiger partial charge >= 0.3 is 0 Å². The molecule has 0 atom stereocenters. The molecule has 0 unspecified atom stereocenters. The van der Waals surface area contributed by atoms with Crippen LogP contribution in [0.1, 0.15) is 40.7 Å². The van der Waals surface area contributed by atoms with Crippen molar-refractivity contribution in [1.82, 2.24) is 10.2 Å². The molecule has 4 rings (SSSR count). The third-order valence-corrected chi connectivity index (χ3v) is 5.74. The first-order chi connectivity index (χ1) is 14.0. The van der Waals surface area contributed by atoms with Crippen molar-refractivity contribution in [2.45, 2.75) is 38.3 Å². The SMILES string of the molecule is O=C1CCc2ccc(CN3CCC(NC(=O)c4cc(F)cc(Cl)c4)CC3)cc2N1. The number of aryl methyl sites for hydroxylation is 1. The molecule has 0 bridgehead atoms. The first-order valence-electron chi connectivity index (χ1n) is 9.87. The molecule has 0 spiro atoms. The van der Waals surface area contributed by atoms with E-state index in [0.717, 1.165) is 44.6 Å². The Bertz CT molecular complexity index is 921. The number of carbonyl (C=O) groups is 2. The number of rotatable bonds is 4. The maximum atomic E-state index is 13.5. The zero-order valence-electron chi connectivity index (χ0n) is 16.0. The van der Waals surface area contributed by atoms with Gasteiger partial charge in [-0.05, 0) is 54.7 Å². The van der Waals surface area contributed by atoms with Gasteiger partial charge in [-0.25, -0.2) is 4.39 Å². The number of halogens is 2. The van der Waals surface area contributed by atoms with Gasteiger partial charge in [-0.3, -0.25) is 14.5 Å². The first kappa shape index (κ1) is 19.9. The minimum Gasteiger partial charge on any atom is -0.349 e. The van der Waals surface area contributed by atoms with Crippen LogP contribution in [0.15, 0.2) is 36.4 Å². The van der Waals surface area contributed by atoms with Crippen LogP contribution in [0.5, 0.6) is 0 Å². The van der Waals surface area contributed by atoms with Gasteiger partial charge in [0.05, 0.1) is 0 Å².